The van der Waals surface area contributed by atoms with Crippen molar-refractivity contribution in [3.8, 4) is 17.3 Å². The van der Waals surface area contributed by atoms with Gasteiger partial charge >= 0.3 is 5.97 Å². The van der Waals surface area contributed by atoms with Crippen LogP contribution >= 0.6 is 0 Å². The van der Waals surface area contributed by atoms with E-state index in [0.29, 0.717) is 5.56 Å². The Labute approximate surface area is 174 Å². The number of aryl methyl sites for hydroxylation is 1. The summed E-state index contributed by atoms with van der Waals surface area (Å²) in [5, 5.41) is 37.0. The van der Waals surface area contributed by atoms with Gasteiger partial charge in [-0.1, -0.05) is 20.8 Å². The van der Waals surface area contributed by atoms with Crippen molar-refractivity contribution >= 4 is 5.65 Å². The Balaban J connectivity index is 1.91. The molecule has 0 atom stereocenters. The van der Waals surface area contributed by atoms with Crippen molar-refractivity contribution in [1.29, 1.82) is 0 Å². The van der Waals surface area contributed by atoms with Crippen LogP contribution in [0.5, 0.6) is 5.88 Å². The van der Waals surface area contributed by atoms with Crippen molar-refractivity contribution in [3.63, 3.8) is 0 Å². The molecule has 0 amide bonds. The highest BCUT2D eigenvalue weighted by molar-refractivity contribution is 5.60. The minimum Gasteiger partial charge on any atom is -0.414 e. The van der Waals surface area contributed by atoms with E-state index >= 15 is 0 Å². The van der Waals surface area contributed by atoms with Gasteiger partial charge in [0.05, 0.1) is 5.56 Å². The van der Waals surface area contributed by atoms with E-state index in [4.69, 9.17) is 4.74 Å². The standard InChI is InChI=1S/C19H19F2N7O3/c1-18(2,3)12-8-14-24-25-15(11-7-10(20)5-6-13(11)21)28(14)26-16(12)31-19(29,30)17-22-9-23-27(17)4/h5-9,29-30H,1-4H3. The summed E-state index contributed by atoms with van der Waals surface area (Å²) in [5.74, 6) is -4.82. The maximum Gasteiger partial charge on any atom is 0.388 e. The number of ether oxygens (including phenoxy) is 1. The Morgan fingerprint density at radius 3 is 2.45 bits per heavy atom. The number of halogens is 2. The van der Waals surface area contributed by atoms with Gasteiger partial charge in [-0.05, 0) is 29.7 Å². The van der Waals surface area contributed by atoms with Crippen LogP contribution < -0.4 is 4.74 Å². The predicted octanol–water partition coefficient (Wildman–Crippen LogP) is 1.67. The summed E-state index contributed by atoms with van der Waals surface area (Å²) in [5.41, 5.74) is -0.0256. The number of aromatic nitrogens is 7. The second-order valence-electron chi connectivity index (χ2n) is 7.95. The van der Waals surface area contributed by atoms with Gasteiger partial charge < -0.3 is 14.9 Å². The van der Waals surface area contributed by atoms with Crippen LogP contribution in [0.2, 0.25) is 0 Å². The van der Waals surface area contributed by atoms with E-state index in [1.54, 1.807) is 6.07 Å². The van der Waals surface area contributed by atoms with Gasteiger partial charge in [-0.2, -0.15) is 9.61 Å². The SMILES string of the molecule is Cn1ncnc1C(O)(O)Oc1nn2c(-c3cc(F)ccc3F)nnc2cc1C(C)(C)C. The number of rotatable bonds is 4. The van der Waals surface area contributed by atoms with E-state index in [2.05, 4.69) is 25.4 Å². The monoisotopic (exact) mass is 431 g/mol. The number of benzene rings is 1. The summed E-state index contributed by atoms with van der Waals surface area (Å²) in [7, 11) is 1.46. The Bertz CT molecular complexity index is 1280. The first-order valence-electron chi connectivity index (χ1n) is 9.18. The fourth-order valence-electron chi connectivity index (χ4n) is 3.04. The maximum atomic E-state index is 14.3. The zero-order valence-corrected chi connectivity index (χ0v) is 17.1. The van der Waals surface area contributed by atoms with Crippen LogP contribution in [0.4, 0.5) is 8.78 Å². The molecule has 4 aromatic rings. The molecule has 0 saturated heterocycles. The normalized spacial score (nSPS) is 12.5. The number of aliphatic hydroxyl groups is 2. The third kappa shape index (κ3) is 3.70. The molecule has 0 aliphatic heterocycles. The highest BCUT2D eigenvalue weighted by Crippen LogP contribution is 2.34. The van der Waals surface area contributed by atoms with Gasteiger partial charge in [0.1, 0.15) is 18.0 Å². The van der Waals surface area contributed by atoms with Crippen molar-refractivity contribution < 1.29 is 23.7 Å². The highest BCUT2D eigenvalue weighted by Gasteiger charge is 2.37. The third-order valence-corrected chi connectivity index (χ3v) is 4.58. The van der Waals surface area contributed by atoms with Gasteiger partial charge in [-0.25, -0.2) is 18.4 Å². The average Bonchev–Trinajstić information content (AvgIpc) is 3.28. The predicted molar refractivity (Wildman–Crippen MR) is 103 cm³/mol. The van der Waals surface area contributed by atoms with Gasteiger partial charge in [0.25, 0.3) is 0 Å². The Hall–Kier alpha value is -3.51. The van der Waals surface area contributed by atoms with Crippen molar-refractivity contribution in [3.05, 3.63) is 53.6 Å². The average molecular weight is 431 g/mol. The van der Waals surface area contributed by atoms with Crippen molar-refractivity contribution in [2.75, 3.05) is 0 Å². The van der Waals surface area contributed by atoms with E-state index in [1.165, 1.54) is 7.05 Å². The van der Waals surface area contributed by atoms with Crippen LogP contribution in [0, 0.1) is 11.6 Å². The zero-order valence-electron chi connectivity index (χ0n) is 17.1. The maximum absolute atomic E-state index is 14.3. The topological polar surface area (TPSA) is 123 Å². The number of fused-ring (bicyclic) bond motifs is 1. The molecule has 12 heteroatoms. The highest BCUT2D eigenvalue weighted by atomic mass is 19.1. The van der Waals surface area contributed by atoms with E-state index in [9.17, 15) is 19.0 Å². The summed E-state index contributed by atoms with van der Waals surface area (Å²) >= 11 is 0. The largest absolute Gasteiger partial charge is 0.414 e. The summed E-state index contributed by atoms with van der Waals surface area (Å²) < 4.78 is 35.7. The summed E-state index contributed by atoms with van der Waals surface area (Å²) in [4.78, 5) is 3.79. The number of hydrogen-bond acceptors (Lipinski definition) is 8. The minimum atomic E-state index is -2.87. The third-order valence-electron chi connectivity index (χ3n) is 4.58. The molecule has 0 radical (unpaired) electrons. The van der Waals surface area contributed by atoms with Gasteiger partial charge in [-0.15, -0.1) is 15.3 Å². The van der Waals surface area contributed by atoms with Gasteiger partial charge in [0, 0.05) is 12.6 Å². The Kier molecular flexibility index (Phi) is 4.70. The van der Waals surface area contributed by atoms with E-state index < -0.39 is 23.0 Å². The molecular weight excluding hydrogens is 412 g/mol. The van der Waals surface area contributed by atoms with Gasteiger partial charge in [0.2, 0.25) is 11.7 Å². The molecule has 4 rings (SSSR count). The molecule has 0 bridgehead atoms. The van der Waals surface area contributed by atoms with E-state index in [0.717, 1.165) is 33.7 Å². The fraction of sp³-hybridized carbons (Fsp3) is 0.316. The Morgan fingerprint density at radius 2 is 1.81 bits per heavy atom. The molecule has 0 aliphatic carbocycles. The van der Waals surface area contributed by atoms with E-state index in [-0.39, 0.29) is 28.7 Å². The van der Waals surface area contributed by atoms with Gasteiger partial charge in [-0.3, -0.25) is 0 Å². The molecule has 2 N–H and O–H groups in total. The fourth-order valence-corrected chi connectivity index (χ4v) is 3.04. The lowest BCUT2D eigenvalue weighted by atomic mass is 9.88. The van der Waals surface area contributed by atoms with Crippen molar-refractivity contribution in [1.82, 2.24) is 34.6 Å². The molecule has 0 fully saturated rings. The first-order chi connectivity index (χ1) is 14.5. The second-order valence-corrected chi connectivity index (χ2v) is 7.95. The molecule has 0 unspecified atom stereocenters. The van der Waals surface area contributed by atoms with Crippen LogP contribution in [0.25, 0.3) is 17.0 Å². The van der Waals surface area contributed by atoms with Crippen molar-refractivity contribution in [2.45, 2.75) is 32.2 Å². The van der Waals surface area contributed by atoms with Crippen LogP contribution in [0.3, 0.4) is 0 Å². The lowest BCUT2D eigenvalue weighted by Crippen LogP contribution is -2.37. The van der Waals surface area contributed by atoms with Crippen LogP contribution in [0.15, 0.2) is 30.6 Å². The van der Waals surface area contributed by atoms with Crippen LogP contribution in [-0.2, 0) is 18.4 Å². The Morgan fingerprint density at radius 1 is 1.06 bits per heavy atom. The number of hydrogen-bond donors (Lipinski definition) is 2. The van der Waals surface area contributed by atoms with Gasteiger partial charge in [0.15, 0.2) is 11.5 Å². The molecular formula is C19H19F2N7O3. The summed E-state index contributed by atoms with van der Waals surface area (Å²) in [6.07, 6.45) is 1.13. The smallest absolute Gasteiger partial charge is 0.388 e. The molecule has 3 aromatic heterocycles. The molecule has 3 heterocycles. The second kappa shape index (κ2) is 7.03. The molecule has 0 saturated carbocycles. The molecule has 10 nitrogen and oxygen atoms in total. The summed E-state index contributed by atoms with van der Waals surface area (Å²) in [6, 6.07) is 4.48. The lowest BCUT2D eigenvalue weighted by Gasteiger charge is -2.26. The molecule has 162 valence electrons. The molecule has 31 heavy (non-hydrogen) atoms. The quantitative estimate of drug-likeness (QED) is 0.468. The molecule has 0 aliphatic rings. The van der Waals surface area contributed by atoms with Crippen LogP contribution in [0.1, 0.15) is 32.2 Å². The zero-order chi connectivity index (χ0) is 22.6. The van der Waals surface area contributed by atoms with Crippen LogP contribution in [-0.4, -0.2) is 44.8 Å². The molecule has 1 aromatic carbocycles. The van der Waals surface area contributed by atoms with E-state index in [1.807, 2.05) is 20.8 Å². The lowest BCUT2D eigenvalue weighted by molar-refractivity contribution is -0.312. The first-order valence-corrected chi connectivity index (χ1v) is 9.18. The molecule has 0 spiro atoms. The summed E-state index contributed by atoms with van der Waals surface area (Å²) in [6.45, 7) is 5.57. The van der Waals surface area contributed by atoms with Crippen molar-refractivity contribution in [2.24, 2.45) is 7.05 Å². The first kappa shape index (κ1) is 20.8. The number of nitrogens with zero attached hydrogens (tertiary/aromatic N) is 7. The minimum absolute atomic E-state index is 0.0857.